The van der Waals surface area contributed by atoms with E-state index in [9.17, 15) is 0 Å². The summed E-state index contributed by atoms with van der Waals surface area (Å²) < 4.78 is 12.0. The molecule has 26 heavy (non-hydrogen) atoms. The molecule has 0 N–H and O–H groups in total. The number of hydrogen-bond donors (Lipinski definition) is 0. The summed E-state index contributed by atoms with van der Waals surface area (Å²) in [4.78, 5) is 0. The summed E-state index contributed by atoms with van der Waals surface area (Å²) >= 11 is 0. The molecule has 1 aromatic rings. The molecule has 3 heteroatoms. The quantitative estimate of drug-likeness (QED) is 0.342. The Morgan fingerprint density at radius 2 is 1.65 bits per heavy atom. The molecule has 0 radical (unpaired) electrons. The number of rotatable bonds is 6. The van der Waals surface area contributed by atoms with E-state index >= 15 is 0 Å². The zero-order valence-corrected chi connectivity index (χ0v) is 18.2. The fourth-order valence-corrected chi connectivity index (χ4v) is 9.43. The van der Waals surface area contributed by atoms with Gasteiger partial charge in [-0.1, -0.05) is 83.9 Å². The van der Waals surface area contributed by atoms with Gasteiger partial charge in [-0.2, -0.15) is 0 Å². The number of benzene rings is 1. The van der Waals surface area contributed by atoms with Crippen LogP contribution in [0.5, 0.6) is 0 Å². The van der Waals surface area contributed by atoms with Gasteiger partial charge in [0, 0.05) is 6.42 Å². The van der Waals surface area contributed by atoms with Crippen molar-refractivity contribution in [3.8, 4) is 11.5 Å². The minimum atomic E-state index is -1.71. The van der Waals surface area contributed by atoms with Gasteiger partial charge in [0.2, 0.25) is 0 Å². The van der Waals surface area contributed by atoms with E-state index in [-0.39, 0.29) is 12.4 Å². The molecule has 0 saturated carbocycles. The van der Waals surface area contributed by atoms with Crippen LogP contribution in [0.15, 0.2) is 42.5 Å². The molecular formula is C23H34O2Si. The summed E-state index contributed by atoms with van der Waals surface area (Å²) in [7, 11) is -1.71. The Morgan fingerprint density at radius 1 is 1.04 bits per heavy atom. The molecule has 0 bridgehead atoms. The van der Waals surface area contributed by atoms with Crippen LogP contribution in [0.2, 0.25) is 16.6 Å². The van der Waals surface area contributed by atoms with Crippen molar-refractivity contribution < 1.29 is 9.47 Å². The molecule has 1 aromatic carbocycles. The minimum absolute atomic E-state index is 0.0658. The standard InChI is InChI=1S/C23H34O2Si/c1-18(2)26(19(3)4,20(5)6)16-15-22-13-10-14-23(25-22)24-17-21-11-8-7-9-12-21/h7-12,14,18-20,22-23H,13,17H2,1-6H3/t22-,23+/m0/s1. The van der Waals surface area contributed by atoms with Crippen molar-refractivity contribution in [3.05, 3.63) is 48.0 Å². The van der Waals surface area contributed by atoms with E-state index < -0.39 is 8.07 Å². The summed E-state index contributed by atoms with van der Waals surface area (Å²) in [6, 6.07) is 10.2. The third kappa shape index (κ3) is 5.10. The molecule has 0 saturated heterocycles. The van der Waals surface area contributed by atoms with Crippen molar-refractivity contribution >= 4 is 8.07 Å². The molecule has 1 heterocycles. The first-order valence-electron chi connectivity index (χ1n) is 9.86. The molecule has 0 amide bonds. The fraction of sp³-hybridized carbons (Fsp3) is 0.565. The first-order chi connectivity index (χ1) is 12.4. The van der Waals surface area contributed by atoms with Crippen molar-refractivity contribution in [1.29, 1.82) is 0 Å². The van der Waals surface area contributed by atoms with Gasteiger partial charge < -0.3 is 9.47 Å². The Morgan fingerprint density at radius 3 is 2.23 bits per heavy atom. The molecular weight excluding hydrogens is 336 g/mol. The first kappa shape index (κ1) is 21.0. The van der Waals surface area contributed by atoms with Gasteiger partial charge in [-0.25, -0.2) is 0 Å². The van der Waals surface area contributed by atoms with Crippen molar-refractivity contribution in [3.63, 3.8) is 0 Å². The molecule has 2 atom stereocenters. The molecule has 0 unspecified atom stereocenters. The molecule has 2 rings (SSSR count). The number of ether oxygens (including phenoxy) is 2. The molecule has 0 aliphatic carbocycles. The average molecular weight is 371 g/mol. The van der Waals surface area contributed by atoms with E-state index in [0.29, 0.717) is 23.2 Å². The van der Waals surface area contributed by atoms with Gasteiger partial charge in [-0.15, -0.1) is 5.54 Å². The highest BCUT2D eigenvalue weighted by Crippen LogP contribution is 2.40. The Labute approximate surface area is 161 Å². The van der Waals surface area contributed by atoms with Crippen molar-refractivity contribution in [2.75, 3.05) is 0 Å². The Bertz CT molecular complexity index is 615. The van der Waals surface area contributed by atoms with Gasteiger partial charge in [-0.05, 0) is 28.3 Å². The van der Waals surface area contributed by atoms with Gasteiger partial charge in [0.1, 0.15) is 14.2 Å². The van der Waals surface area contributed by atoms with E-state index in [1.54, 1.807) is 0 Å². The highest BCUT2D eigenvalue weighted by atomic mass is 28.3. The second-order valence-corrected chi connectivity index (χ2v) is 13.7. The lowest BCUT2D eigenvalue weighted by Gasteiger charge is -2.38. The lowest BCUT2D eigenvalue weighted by Crippen LogP contribution is -2.43. The van der Waals surface area contributed by atoms with Gasteiger partial charge in [0.05, 0.1) is 6.61 Å². The Hall–Kier alpha value is -1.34. The summed E-state index contributed by atoms with van der Waals surface area (Å²) in [6.45, 7) is 14.6. The third-order valence-electron chi connectivity index (χ3n) is 5.51. The summed E-state index contributed by atoms with van der Waals surface area (Å²) in [6.07, 6.45) is 4.61. The normalized spacial score (nSPS) is 20.5. The van der Waals surface area contributed by atoms with Crippen LogP contribution in [-0.2, 0) is 16.1 Å². The van der Waals surface area contributed by atoms with Crippen molar-refractivity contribution in [1.82, 2.24) is 0 Å². The monoisotopic (exact) mass is 370 g/mol. The Kier molecular flexibility index (Phi) is 7.70. The summed E-state index contributed by atoms with van der Waals surface area (Å²) in [5.74, 6) is 3.49. The van der Waals surface area contributed by atoms with Crippen LogP contribution in [0.4, 0.5) is 0 Å². The van der Waals surface area contributed by atoms with Gasteiger partial charge >= 0.3 is 0 Å². The molecule has 1 aliphatic rings. The predicted molar refractivity (Wildman–Crippen MR) is 112 cm³/mol. The second kappa shape index (κ2) is 9.55. The van der Waals surface area contributed by atoms with Crippen LogP contribution in [0.1, 0.15) is 53.5 Å². The summed E-state index contributed by atoms with van der Waals surface area (Å²) in [5.41, 5.74) is 6.84. The van der Waals surface area contributed by atoms with Crippen LogP contribution in [0.3, 0.4) is 0 Å². The van der Waals surface area contributed by atoms with E-state index in [2.05, 4.69) is 71.2 Å². The molecule has 0 spiro atoms. The third-order valence-corrected chi connectivity index (χ3v) is 11.8. The van der Waals surface area contributed by atoms with E-state index in [1.807, 2.05) is 24.3 Å². The van der Waals surface area contributed by atoms with E-state index in [4.69, 9.17) is 9.47 Å². The van der Waals surface area contributed by atoms with Gasteiger partial charge in [0.25, 0.3) is 0 Å². The second-order valence-electron chi connectivity index (χ2n) is 8.12. The number of hydrogen-bond acceptors (Lipinski definition) is 2. The maximum atomic E-state index is 6.08. The van der Waals surface area contributed by atoms with Crippen LogP contribution in [-0.4, -0.2) is 20.5 Å². The highest BCUT2D eigenvalue weighted by molar-refractivity contribution is 6.90. The predicted octanol–water partition coefficient (Wildman–Crippen LogP) is 6.10. The molecule has 1 aliphatic heterocycles. The van der Waals surface area contributed by atoms with Gasteiger partial charge in [0.15, 0.2) is 6.29 Å². The fourth-order valence-electron chi connectivity index (χ4n) is 4.15. The highest BCUT2D eigenvalue weighted by Gasteiger charge is 2.41. The first-order valence-corrected chi connectivity index (χ1v) is 12.1. The SMILES string of the molecule is CC(C)[Si](C#C[C@@H]1CC=C[C@H](OCc2ccccc2)O1)(C(C)C)C(C)C. The zero-order chi connectivity index (χ0) is 19.2. The minimum Gasteiger partial charge on any atom is -0.344 e. The van der Waals surface area contributed by atoms with Crippen molar-refractivity contribution in [2.45, 2.75) is 83.6 Å². The van der Waals surface area contributed by atoms with Crippen LogP contribution in [0, 0.1) is 11.5 Å². The molecule has 0 aromatic heterocycles. The maximum Gasteiger partial charge on any atom is 0.178 e. The lowest BCUT2D eigenvalue weighted by atomic mass is 10.2. The van der Waals surface area contributed by atoms with E-state index in [1.165, 1.54) is 0 Å². The van der Waals surface area contributed by atoms with Crippen molar-refractivity contribution in [2.24, 2.45) is 0 Å². The Balaban J connectivity index is 2.04. The lowest BCUT2D eigenvalue weighted by molar-refractivity contribution is -0.139. The average Bonchev–Trinajstić information content (AvgIpc) is 2.61. The van der Waals surface area contributed by atoms with Crippen LogP contribution < -0.4 is 0 Å². The molecule has 142 valence electrons. The largest absolute Gasteiger partial charge is 0.344 e. The zero-order valence-electron chi connectivity index (χ0n) is 17.2. The maximum absolute atomic E-state index is 6.08. The van der Waals surface area contributed by atoms with Crippen LogP contribution in [0.25, 0.3) is 0 Å². The topological polar surface area (TPSA) is 18.5 Å². The molecule has 2 nitrogen and oxygen atoms in total. The van der Waals surface area contributed by atoms with Crippen LogP contribution >= 0.6 is 0 Å². The van der Waals surface area contributed by atoms with Gasteiger partial charge in [-0.3, -0.25) is 0 Å². The summed E-state index contributed by atoms with van der Waals surface area (Å²) in [5, 5.41) is 0. The molecule has 0 fully saturated rings. The smallest absolute Gasteiger partial charge is 0.178 e. The van der Waals surface area contributed by atoms with E-state index in [0.717, 1.165) is 12.0 Å².